The van der Waals surface area contributed by atoms with Crippen LogP contribution in [-0.4, -0.2) is 122 Å². The highest BCUT2D eigenvalue weighted by atomic mass is 16.5. The highest BCUT2D eigenvalue weighted by Gasteiger charge is 2.40. The molecule has 2 heterocycles. The van der Waals surface area contributed by atoms with Gasteiger partial charge in [-0.05, 0) is 56.9 Å². The van der Waals surface area contributed by atoms with Gasteiger partial charge in [0.05, 0.1) is 13.2 Å². The number of carbonyl (C=O) groups is 2. The minimum atomic E-state index is -0.765. The summed E-state index contributed by atoms with van der Waals surface area (Å²) in [6, 6.07) is -0.816. The number of amides is 2. The number of hydrogen-bond donors (Lipinski definition) is 1. The van der Waals surface area contributed by atoms with Crippen LogP contribution in [0, 0.1) is 22.8 Å². The molecule has 0 aromatic rings. The average molecular weight is 560 g/mol. The van der Waals surface area contributed by atoms with Gasteiger partial charge in [0.2, 0.25) is 5.96 Å². The first kappa shape index (κ1) is 30.5. The zero-order chi connectivity index (χ0) is 28.5. The molecule has 2 saturated heterocycles. The van der Waals surface area contributed by atoms with Crippen LogP contribution in [0.5, 0.6) is 0 Å². The standard InChI is InChI=1S/C29H49N7O4/c1-29(2,23-7-4-5-8-23)21-25(26(37)36(22-30)24-9-6-10-24)31-27(35-16-18-39-19-17-35)32-28(38)40-20-15-34-13-11-33(3)12-14-34/h23-25H,4-21H2,1-3H3,(H,31,32,38). The van der Waals surface area contributed by atoms with Gasteiger partial charge in [-0.15, -0.1) is 0 Å². The van der Waals surface area contributed by atoms with Crippen molar-refractivity contribution in [3.8, 4) is 6.19 Å². The summed E-state index contributed by atoms with van der Waals surface area (Å²) in [5.41, 5.74) is -0.125. The Bertz CT molecular complexity index is 912. The fraction of sp³-hybridized carbons (Fsp3) is 0.862. The number of morpholine rings is 1. The largest absolute Gasteiger partial charge is 0.448 e. The fourth-order valence-corrected chi connectivity index (χ4v) is 6.26. The van der Waals surface area contributed by atoms with Gasteiger partial charge in [0.15, 0.2) is 6.19 Å². The van der Waals surface area contributed by atoms with Crippen molar-refractivity contribution in [3.63, 3.8) is 0 Å². The molecule has 2 amide bonds. The van der Waals surface area contributed by atoms with Crippen LogP contribution in [0.15, 0.2) is 4.99 Å². The maximum Gasteiger partial charge on any atom is 0.414 e. The normalized spacial score (nSPS) is 22.9. The number of likely N-dealkylation sites (N-methyl/N-ethyl adjacent to an activating group) is 1. The predicted octanol–water partition coefficient (Wildman–Crippen LogP) is 2.49. The van der Waals surface area contributed by atoms with Crippen LogP contribution in [0.2, 0.25) is 0 Å². The van der Waals surface area contributed by atoms with Crippen LogP contribution in [0.3, 0.4) is 0 Å². The quantitative estimate of drug-likeness (QED) is 0.198. The lowest BCUT2D eigenvalue weighted by molar-refractivity contribution is -0.133. The van der Waals surface area contributed by atoms with Gasteiger partial charge in [-0.1, -0.05) is 26.7 Å². The Balaban J connectivity index is 1.49. The van der Waals surface area contributed by atoms with Gasteiger partial charge in [0, 0.05) is 51.9 Å². The number of ether oxygens (including phenoxy) is 2. The number of piperazine rings is 1. The van der Waals surface area contributed by atoms with Crippen LogP contribution >= 0.6 is 0 Å². The summed E-state index contributed by atoms with van der Waals surface area (Å²) in [5.74, 6) is 0.575. The maximum atomic E-state index is 13.9. The molecule has 0 aromatic heterocycles. The minimum Gasteiger partial charge on any atom is -0.448 e. The molecule has 40 heavy (non-hydrogen) atoms. The van der Waals surface area contributed by atoms with Crippen molar-refractivity contribution < 1.29 is 19.1 Å². The topological polar surface area (TPSA) is 114 Å². The van der Waals surface area contributed by atoms with Gasteiger partial charge in [-0.3, -0.25) is 15.0 Å². The Morgan fingerprint density at radius 1 is 1.07 bits per heavy atom. The highest BCUT2D eigenvalue weighted by molar-refractivity contribution is 5.96. The Morgan fingerprint density at radius 2 is 1.75 bits per heavy atom. The van der Waals surface area contributed by atoms with Crippen molar-refractivity contribution in [1.29, 1.82) is 5.26 Å². The van der Waals surface area contributed by atoms with Crippen molar-refractivity contribution in [3.05, 3.63) is 0 Å². The summed E-state index contributed by atoms with van der Waals surface area (Å²) in [7, 11) is 2.11. The van der Waals surface area contributed by atoms with E-state index in [9.17, 15) is 14.9 Å². The molecule has 2 aliphatic carbocycles. The summed E-state index contributed by atoms with van der Waals surface area (Å²) in [6.07, 6.45) is 9.54. The number of guanidine groups is 1. The van der Waals surface area contributed by atoms with E-state index >= 15 is 0 Å². The lowest BCUT2D eigenvalue weighted by atomic mass is 9.73. The zero-order valence-electron chi connectivity index (χ0n) is 24.8. The lowest BCUT2D eigenvalue weighted by Gasteiger charge is -2.38. The third kappa shape index (κ3) is 8.30. The number of carbonyl (C=O) groups excluding carboxylic acids is 2. The number of nitrogens with one attached hydrogen (secondary N) is 1. The van der Waals surface area contributed by atoms with Crippen molar-refractivity contribution in [2.75, 3.05) is 72.7 Å². The number of nitriles is 1. The van der Waals surface area contributed by atoms with E-state index in [2.05, 4.69) is 42.2 Å². The number of rotatable bonds is 9. The molecule has 224 valence electrons. The molecule has 0 spiro atoms. The van der Waals surface area contributed by atoms with E-state index in [-0.39, 0.29) is 24.0 Å². The van der Waals surface area contributed by atoms with Crippen molar-refractivity contribution in [2.24, 2.45) is 16.3 Å². The summed E-state index contributed by atoms with van der Waals surface area (Å²) in [6.45, 7) is 11.5. The SMILES string of the molecule is CN1CCN(CCOC(=O)NC(=NC(CC(C)(C)C2CCCC2)C(=O)N(C#N)C2CCC2)N2CCOCC2)CC1. The summed E-state index contributed by atoms with van der Waals surface area (Å²) in [4.78, 5) is 39.6. The molecule has 1 atom stereocenters. The number of nitrogens with zero attached hydrogens (tertiary/aromatic N) is 6. The number of alkyl carbamates (subject to hydrolysis) is 1. The second-order valence-electron chi connectivity index (χ2n) is 12.5. The number of aliphatic imine (C=N–C) groups is 1. The third-order valence-electron chi connectivity index (χ3n) is 9.29. The van der Waals surface area contributed by atoms with E-state index < -0.39 is 12.1 Å². The van der Waals surface area contributed by atoms with E-state index in [0.29, 0.717) is 51.1 Å². The molecule has 4 rings (SSSR count). The van der Waals surface area contributed by atoms with Gasteiger partial charge < -0.3 is 19.3 Å². The summed E-state index contributed by atoms with van der Waals surface area (Å²) in [5, 5.41) is 12.8. The monoisotopic (exact) mass is 559 g/mol. The predicted molar refractivity (Wildman–Crippen MR) is 152 cm³/mol. The smallest absolute Gasteiger partial charge is 0.414 e. The van der Waals surface area contributed by atoms with Gasteiger partial charge in [0.1, 0.15) is 12.6 Å². The summed E-state index contributed by atoms with van der Waals surface area (Å²) >= 11 is 0. The molecule has 4 fully saturated rings. The maximum absolute atomic E-state index is 13.9. The van der Waals surface area contributed by atoms with E-state index in [1.165, 1.54) is 17.7 Å². The van der Waals surface area contributed by atoms with Gasteiger partial charge in [-0.2, -0.15) is 5.26 Å². The molecule has 1 N–H and O–H groups in total. The second kappa shape index (κ2) is 14.5. The van der Waals surface area contributed by atoms with Crippen molar-refractivity contribution >= 4 is 18.0 Å². The van der Waals surface area contributed by atoms with Crippen LogP contribution in [0.4, 0.5) is 4.79 Å². The van der Waals surface area contributed by atoms with Crippen molar-refractivity contribution in [2.45, 2.75) is 77.3 Å². The summed E-state index contributed by atoms with van der Waals surface area (Å²) < 4.78 is 11.1. The first-order chi connectivity index (χ1) is 19.3. The Morgan fingerprint density at radius 3 is 2.35 bits per heavy atom. The molecule has 1 unspecified atom stereocenters. The molecule has 0 radical (unpaired) electrons. The molecular weight excluding hydrogens is 510 g/mol. The molecule has 2 aliphatic heterocycles. The zero-order valence-corrected chi connectivity index (χ0v) is 24.8. The van der Waals surface area contributed by atoms with Crippen LogP contribution < -0.4 is 5.32 Å². The molecule has 11 nitrogen and oxygen atoms in total. The van der Waals surface area contributed by atoms with E-state index in [0.717, 1.165) is 58.3 Å². The average Bonchev–Trinajstić information content (AvgIpc) is 3.47. The number of hydrogen-bond acceptors (Lipinski definition) is 8. The van der Waals surface area contributed by atoms with Gasteiger partial charge in [0.25, 0.3) is 5.91 Å². The van der Waals surface area contributed by atoms with E-state index in [1.807, 2.05) is 4.90 Å². The molecule has 0 aromatic carbocycles. The van der Waals surface area contributed by atoms with Crippen LogP contribution in [0.1, 0.15) is 65.2 Å². The Labute approximate surface area is 239 Å². The lowest BCUT2D eigenvalue weighted by Crippen LogP contribution is -2.52. The van der Waals surface area contributed by atoms with Crippen LogP contribution in [-0.2, 0) is 14.3 Å². The van der Waals surface area contributed by atoms with Gasteiger partial charge >= 0.3 is 6.09 Å². The van der Waals surface area contributed by atoms with E-state index in [4.69, 9.17) is 14.5 Å². The Hall–Kier alpha value is -2.42. The minimum absolute atomic E-state index is 0.0517. The molecular formula is C29H49N7O4. The fourth-order valence-electron chi connectivity index (χ4n) is 6.26. The van der Waals surface area contributed by atoms with Gasteiger partial charge in [-0.25, -0.2) is 14.7 Å². The van der Waals surface area contributed by atoms with E-state index in [1.54, 1.807) is 0 Å². The Kier molecular flexibility index (Phi) is 11.0. The van der Waals surface area contributed by atoms with Crippen molar-refractivity contribution in [1.82, 2.24) is 24.9 Å². The van der Waals surface area contributed by atoms with Crippen LogP contribution in [0.25, 0.3) is 0 Å². The molecule has 11 heteroatoms. The molecule has 2 saturated carbocycles. The molecule has 4 aliphatic rings. The first-order valence-corrected chi connectivity index (χ1v) is 15.2. The molecule has 0 bridgehead atoms. The third-order valence-corrected chi connectivity index (χ3v) is 9.29. The first-order valence-electron chi connectivity index (χ1n) is 15.2. The highest BCUT2D eigenvalue weighted by Crippen LogP contribution is 2.43. The second-order valence-corrected chi connectivity index (χ2v) is 12.5.